The molecule has 0 bridgehead atoms. The zero-order chi connectivity index (χ0) is 21.9. The fourth-order valence-corrected chi connectivity index (χ4v) is 2.96. The zero-order valence-electron chi connectivity index (χ0n) is 15.5. The van der Waals surface area contributed by atoms with E-state index in [2.05, 4.69) is 21.6 Å². The van der Waals surface area contributed by atoms with Crippen LogP contribution < -0.4 is 15.6 Å². The summed E-state index contributed by atoms with van der Waals surface area (Å²) >= 11 is 5.18. The Kier molecular flexibility index (Phi) is 6.06. The summed E-state index contributed by atoms with van der Waals surface area (Å²) in [5.41, 5.74) is 0.754. The van der Waals surface area contributed by atoms with Gasteiger partial charge in [0, 0.05) is 17.8 Å². The predicted molar refractivity (Wildman–Crippen MR) is 110 cm³/mol. The maximum atomic E-state index is 12.5. The normalized spacial score (nSPS) is 11.3. The van der Waals surface area contributed by atoms with Gasteiger partial charge in [0.25, 0.3) is 11.5 Å². The molecule has 0 spiro atoms. The van der Waals surface area contributed by atoms with Gasteiger partial charge < -0.3 is 15.0 Å². The number of aromatic nitrogens is 2. The fraction of sp³-hybridized carbons (Fsp3) is 0.150. The Morgan fingerprint density at radius 1 is 1.23 bits per heavy atom. The van der Waals surface area contributed by atoms with Gasteiger partial charge in [0.2, 0.25) is 0 Å². The topological polar surface area (TPSA) is 76.1 Å². The van der Waals surface area contributed by atoms with Crippen LogP contribution in [0.5, 0.6) is 5.75 Å². The van der Waals surface area contributed by atoms with Gasteiger partial charge in [-0.2, -0.15) is 13.2 Å². The van der Waals surface area contributed by atoms with E-state index in [9.17, 15) is 22.8 Å². The number of benzene rings is 2. The summed E-state index contributed by atoms with van der Waals surface area (Å²) in [6.45, 7) is 2.45. The first-order chi connectivity index (χ1) is 14.2. The van der Waals surface area contributed by atoms with Gasteiger partial charge >= 0.3 is 6.18 Å². The van der Waals surface area contributed by atoms with Crippen molar-refractivity contribution < 1.29 is 22.7 Å². The number of carbonyl (C=O) groups is 1. The Hall–Kier alpha value is -3.40. The number of allylic oxidation sites excluding steroid dienone is 1. The maximum Gasteiger partial charge on any atom is 0.422 e. The van der Waals surface area contributed by atoms with E-state index in [1.165, 1.54) is 47.0 Å². The average molecular weight is 435 g/mol. The molecule has 30 heavy (non-hydrogen) atoms. The number of amides is 1. The lowest BCUT2D eigenvalue weighted by Crippen LogP contribution is -2.22. The minimum absolute atomic E-state index is 0.0272. The first-order valence-corrected chi connectivity index (χ1v) is 9.07. The summed E-state index contributed by atoms with van der Waals surface area (Å²) in [6.07, 6.45) is -2.88. The molecule has 0 fully saturated rings. The summed E-state index contributed by atoms with van der Waals surface area (Å²) in [6, 6.07) is 10.0. The summed E-state index contributed by atoms with van der Waals surface area (Å²) in [4.78, 5) is 27.9. The number of hydrogen-bond donors (Lipinski definition) is 2. The number of rotatable bonds is 6. The first kappa shape index (κ1) is 21.3. The third-order valence-corrected chi connectivity index (χ3v) is 4.39. The molecule has 3 aromatic rings. The van der Waals surface area contributed by atoms with Gasteiger partial charge in [0.1, 0.15) is 5.75 Å². The van der Waals surface area contributed by atoms with Crippen LogP contribution in [-0.4, -0.2) is 28.2 Å². The number of ether oxygens (including phenoxy) is 1. The van der Waals surface area contributed by atoms with Gasteiger partial charge in [0.05, 0.1) is 10.9 Å². The van der Waals surface area contributed by atoms with Crippen LogP contribution in [0.1, 0.15) is 10.4 Å². The highest BCUT2D eigenvalue weighted by Gasteiger charge is 2.28. The van der Waals surface area contributed by atoms with Crippen LogP contribution in [0.3, 0.4) is 0 Å². The molecule has 6 nitrogen and oxygen atoms in total. The second kappa shape index (κ2) is 8.54. The van der Waals surface area contributed by atoms with Crippen molar-refractivity contribution in [3.05, 3.63) is 75.8 Å². The van der Waals surface area contributed by atoms with Crippen LogP contribution in [0, 0.1) is 4.77 Å². The minimum atomic E-state index is -4.43. The third-order valence-electron chi connectivity index (χ3n) is 4.07. The van der Waals surface area contributed by atoms with Crippen molar-refractivity contribution in [3.63, 3.8) is 0 Å². The number of alkyl halides is 3. The van der Waals surface area contributed by atoms with Crippen molar-refractivity contribution in [2.45, 2.75) is 12.7 Å². The third kappa shape index (κ3) is 4.95. The van der Waals surface area contributed by atoms with E-state index in [1.807, 2.05) is 0 Å². The Morgan fingerprint density at radius 2 is 1.93 bits per heavy atom. The van der Waals surface area contributed by atoms with Crippen molar-refractivity contribution in [2.75, 3.05) is 11.9 Å². The largest absolute Gasteiger partial charge is 0.484 e. The monoisotopic (exact) mass is 435 g/mol. The smallest absolute Gasteiger partial charge is 0.422 e. The van der Waals surface area contributed by atoms with Crippen LogP contribution in [0.15, 0.2) is 59.9 Å². The van der Waals surface area contributed by atoms with Crippen LogP contribution in [-0.2, 0) is 6.54 Å². The molecule has 2 aromatic carbocycles. The lowest BCUT2D eigenvalue weighted by molar-refractivity contribution is -0.153. The molecular formula is C20H16F3N3O3S. The van der Waals surface area contributed by atoms with Gasteiger partial charge in [-0.3, -0.25) is 14.2 Å². The molecular weight excluding hydrogens is 419 g/mol. The highest BCUT2D eigenvalue weighted by atomic mass is 32.1. The molecule has 1 heterocycles. The Bertz CT molecular complexity index is 1210. The zero-order valence-corrected chi connectivity index (χ0v) is 16.3. The quantitative estimate of drug-likeness (QED) is 0.444. The summed E-state index contributed by atoms with van der Waals surface area (Å²) in [5, 5.41) is 3.00. The van der Waals surface area contributed by atoms with Crippen LogP contribution in [0.2, 0.25) is 0 Å². The molecule has 1 amide bonds. The van der Waals surface area contributed by atoms with Gasteiger partial charge in [-0.05, 0) is 54.7 Å². The van der Waals surface area contributed by atoms with Crippen LogP contribution >= 0.6 is 12.2 Å². The average Bonchev–Trinajstić information content (AvgIpc) is 2.69. The van der Waals surface area contributed by atoms with Crippen molar-refractivity contribution in [1.29, 1.82) is 0 Å². The summed E-state index contributed by atoms with van der Waals surface area (Å²) in [5.74, 6) is -0.435. The number of fused-ring (bicyclic) bond motifs is 1. The van der Waals surface area contributed by atoms with E-state index in [4.69, 9.17) is 12.2 Å². The Balaban J connectivity index is 1.78. The molecule has 156 valence electrons. The second-order valence-corrected chi connectivity index (χ2v) is 6.66. The molecule has 0 aliphatic carbocycles. The predicted octanol–water partition coefficient (Wildman–Crippen LogP) is 4.44. The molecule has 0 atom stereocenters. The number of aromatic amines is 1. The highest BCUT2D eigenvalue weighted by Crippen LogP contribution is 2.21. The molecule has 0 aliphatic rings. The van der Waals surface area contributed by atoms with Gasteiger partial charge in [-0.25, -0.2) is 0 Å². The van der Waals surface area contributed by atoms with E-state index in [-0.39, 0.29) is 28.2 Å². The van der Waals surface area contributed by atoms with Crippen LogP contribution in [0.4, 0.5) is 18.9 Å². The van der Waals surface area contributed by atoms with Gasteiger partial charge in [0.15, 0.2) is 11.4 Å². The van der Waals surface area contributed by atoms with Crippen LogP contribution in [0.25, 0.3) is 10.9 Å². The van der Waals surface area contributed by atoms with Crippen molar-refractivity contribution >= 4 is 34.7 Å². The lowest BCUT2D eigenvalue weighted by atomic mass is 10.1. The van der Waals surface area contributed by atoms with Crippen molar-refractivity contribution in [2.24, 2.45) is 0 Å². The lowest BCUT2D eigenvalue weighted by Gasteiger charge is -2.10. The number of H-pyrrole nitrogens is 1. The molecule has 0 unspecified atom stereocenters. The number of nitrogens with one attached hydrogen (secondary N) is 2. The van der Waals surface area contributed by atoms with E-state index in [0.717, 1.165) is 0 Å². The molecule has 2 N–H and O–H groups in total. The van der Waals surface area contributed by atoms with Gasteiger partial charge in [-0.1, -0.05) is 6.08 Å². The number of carbonyl (C=O) groups excluding carboxylic acids is 1. The highest BCUT2D eigenvalue weighted by molar-refractivity contribution is 7.71. The Labute approximate surface area is 173 Å². The van der Waals surface area contributed by atoms with E-state index < -0.39 is 18.7 Å². The number of anilines is 1. The SMILES string of the molecule is C=CCn1c(=S)[nH]c2cc(C(=O)Nc3ccc(OCC(F)(F)F)cc3)ccc2c1=O. The molecule has 1 aromatic heterocycles. The van der Waals surface area contributed by atoms with Crippen molar-refractivity contribution in [3.8, 4) is 5.75 Å². The molecule has 0 radical (unpaired) electrons. The summed E-state index contributed by atoms with van der Waals surface area (Å²) < 4.78 is 42.7. The number of halogens is 3. The molecule has 0 saturated heterocycles. The molecule has 0 aliphatic heterocycles. The molecule has 3 rings (SSSR count). The standard InChI is InChI=1S/C20H16F3N3O3S/c1-2-9-26-18(28)15-8-3-12(10-16(15)25-19(26)30)17(27)24-13-4-6-14(7-5-13)29-11-20(21,22)23/h2-8,10H,1,9,11H2,(H,24,27)(H,25,30). The van der Waals surface area contributed by atoms with E-state index in [1.54, 1.807) is 6.08 Å². The minimum Gasteiger partial charge on any atom is -0.484 e. The fourth-order valence-electron chi connectivity index (χ4n) is 2.69. The molecule has 0 saturated carbocycles. The Morgan fingerprint density at radius 3 is 2.57 bits per heavy atom. The number of hydrogen-bond acceptors (Lipinski definition) is 4. The first-order valence-electron chi connectivity index (χ1n) is 8.67. The van der Waals surface area contributed by atoms with Crippen molar-refractivity contribution in [1.82, 2.24) is 9.55 Å². The van der Waals surface area contributed by atoms with E-state index in [0.29, 0.717) is 16.6 Å². The van der Waals surface area contributed by atoms with E-state index >= 15 is 0 Å². The summed E-state index contributed by atoms with van der Waals surface area (Å²) in [7, 11) is 0. The van der Waals surface area contributed by atoms with Gasteiger partial charge in [-0.15, -0.1) is 6.58 Å². The number of nitrogens with zero attached hydrogens (tertiary/aromatic N) is 1. The second-order valence-electron chi connectivity index (χ2n) is 6.28. The molecule has 10 heteroatoms. The maximum absolute atomic E-state index is 12.5.